The number of ether oxygens (including phenoxy) is 1. The van der Waals surface area contributed by atoms with Crippen LogP contribution in [0.5, 0.6) is 5.75 Å². The van der Waals surface area contributed by atoms with Crippen molar-refractivity contribution in [1.82, 2.24) is 9.55 Å². The third-order valence-corrected chi connectivity index (χ3v) is 6.87. The molecule has 0 amide bonds. The minimum Gasteiger partial charge on any atom is -0.458 e. The maximum absolute atomic E-state index is 13.4. The van der Waals surface area contributed by atoms with Crippen LogP contribution in [0, 0.1) is 0 Å². The van der Waals surface area contributed by atoms with Gasteiger partial charge in [-0.05, 0) is 49.1 Å². The predicted octanol–water partition coefficient (Wildman–Crippen LogP) is 3.75. The predicted molar refractivity (Wildman–Crippen MR) is 125 cm³/mol. The number of carbonyl (C=O) groups excluding carboxylic acids is 1. The van der Waals surface area contributed by atoms with E-state index in [1.165, 1.54) is 0 Å². The molecule has 0 unspecified atom stereocenters. The molecule has 8 heteroatoms. The zero-order valence-corrected chi connectivity index (χ0v) is 19.6. The topological polar surface area (TPSA) is 99.9 Å². The van der Waals surface area contributed by atoms with E-state index < -0.39 is 11.6 Å². The van der Waals surface area contributed by atoms with Crippen LogP contribution >= 0.6 is 0 Å². The molecule has 1 atom stereocenters. The molecular formula is C26H28N2O6. The number of fused-ring (bicyclic) bond motifs is 5. The van der Waals surface area contributed by atoms with E-state index in [4.69, 9.17) is 19.5 Å². The standard InChI is InChI=1S/C26H28N2O6/c1-4-7-10-33-34-15-8-9-21-17(11-15)16(5-2)18-13-28-22(23(18)27-21)12-20-19(24(28)29)14-32-25(30)26(20,31)6-3/h8-9,11-12,31H,4-7,10,13-14H2,1-3H3/t26-/m0/s1. The smallest absolute Gasteiger partial charge is 0.343 e. The second kappa shape index (κ2) is 8.52. The van der Waals surface area contributed by atoms with E-state index in [0.717, 1.165) is 41.3 Å². The second-order valence-electron chi connectivity index (χ2n) is 8.81. The Morgan fingerprint density at radius 3 is 2.74 bits per heavy atom. The molecule has 0 aliphatic carbocycles. The van der Waals surface area contributed by atoms with Crippen LogP contribution in [0.2, 0.25) is 0 Å². The Balaban J connectivity index is 1.64. The van der Waals surface area contributed by atoms with Crippen LogP contribution in [0.1, 0.15) is 62.3 Å². The number of aliphatic hydroxyl groups is 1. The first-order chi connectivity index (χ1) is 16.4. The van der Waals surface area contributed by atoms with E-state index in [-0.39, 0.29) is 18.6 Å². The van der Waals surface area contributed by atoms with Crippen LogP contribution in [0.25, 0.3) is 22.3 Å². The SMILES string of the molecule is CCCCOOc1ccc2nc3c(c(CC)c2c1)Cn1c-3cc2c(c1=O)COC(=O)[C@]2(O)CC. The average Bonchev–Trinajstić information content (AvgIpc) is 3.21. The molecule has 1 N–H and O–H groups in total. The summed E-state index contributed by atoms with van der Waals surface area (Å²) in [7, 11) is 0. The number of cyclic esters (lactones) is 1. The zero-order chi connectivity index (χ0) is 24.0. The number of pyridine rings is 2. The summed E-state index contributed by atoms with van der Waals surface area (Å²) in [5.41, 5.74) is 2.69. The van der Waals surface area contributed by atoms with Gasteiger partial charge in [0.05, 0.1) is 35.6 Å². The van der Waals surface area contributed by atoms with E-state index in [1.807, 2.05) is 18.2 Å². The summed E-state index contributed by atoms with van der Waals surface area (Å²) in [6.07, 6.45) is 2.80. The van der Waals surface area contributed by atoms with Crippen molar-refractivity contribution in [3.63, 3.8) is 0 Å². The van der Waals surface area contributed by atoms with E-state index in [2.05, 4.69) is 13.8 Å². The van der Waals surface area contributed by atoms with Crippen molar-refractivity contribution < 1.29 is 24.4 Å². The van der Waals surface area contributed by atoms with Gasteiger partial charge in [0.2, 0.25) is 0 Å². The summed E-state index contributed by atoms with van der Waals surface area (Å²) >= 11 is 0. The maximum atomic E-state index is 13.4. The molecule has 8 nitrogen and oxygen atoms in total. The minimum atomic E-state index is -1.83. The van der Waals surface area contributed by atoms with E-state index in [0.29, 0.717) is 41.4 Å². The fourth-order valence-electron chi connectivity index (χ4n) is 4.91. The van der Waals surface area contributed by atoms with E-state index in [9.17, 15) is 14.7 Å². The number of aryl methyl sites for hydroxylation is 1. The fraction of sp³-hybridized carbons (Fsp3) is 0.423. The van der Waals surface area contributed by atoms with Gasteiger partial charge in [0.1, 0.15) is 6.61 Å². The summed E-state index contributed by atoms with van der Waals surface area (Å²) in [6.45, 7) is 6.62. The first-order valence-corrected chi connectivity index (χ1v) is 11.8. The lowest BCUT2D eigenvalue weighted by Gasteiger charge is -2.31. The Hall–Kier alpha value is -3.23. The lowest BCUT2D eigenvalue weighted by atomic mass is 9.86. The number of benzene rings is 1. The minimum absolute atomic E-state index is 0.114. The molecule has 0 spiro atoms. The van der Waals surface area contributed by atoms with Crippen LogP contribution in [0.15, 0.2) is 29.1 Å². The second-order valence-corrected chi connectivity index (χ2v) is 8.81. The monoisotopic (exact) mass is 464 g/mol. The van der Waals surface area contributed by atoms with Gasteiger partial charge in [0.15, 0.2) is 11.4 Å². The Kier molecular flexibility index (Phi) is 5.65. The lowest BCUT2D eigenvalue weighted by molar-refractivity contribution is -0.207. The molecule has 0 saturated heterocycles. The van der Waals surface area contributed by atoms with Gasteiger partial charge in [0.25, 0.3) is 5.56 Å². The molecule has 2 aromatic heterocycles. The highest BCUT2D eigenvalue weighted by Gasteiger charge is 2.45. The summed E-state index contributed by atoms with van der Waals surface area (Å²) < 4.78 is 6.82. The third-order valence-electron chi connectivity index (χ3n) is 6.87. The van der Waals surface area contributed by atoms with Gasteiger partial charge in [-0.1, -0.05) is 27.2 Å². The van der Waals surface area contributed by atoms with E-state index >= 15 is 0 Å². The molecule has 0 saturated carbocycles. The Morgan fingerprint density at radius 2 is 2.00 bits per heavy atom. The number of aromatic nitrogens is 2. The molecule has 2 aliphatic heterocycles. The highest BCUT2D eigenvalue weighted by atomic mass is 17.2. The molecule has 178 valence electrons. The van der Waals surface area contributed by atoms with Gasteiger partial charge in [-0.25, -0.2) is 9.78 Å². The number of nitrogens with zero attached hydrogens (tertiary/aromatic N) is 2. The zero-order valence-electron chi connectivity index (χ0n) is 19.6. The van der Waals surface area contributed by atoms with Crippen LogP contribution in [0.4, 0.5) is 0 Å². The summed E-state index contributed by atoms with van der Waals surface area (Å²) in [4.78, 5) is 41.4. The van der Waals surface area contributed by atoms with Crippen molar-refractivity contribution in [2.45, 2.75) is 65.2 Å². The molecule has 1 aromatic carbocycles. The first kappa shape index (κ1) is 22.6. The van der Waals surface area contributed by atoms with Gasteiger partial charge in [-0.3, -0.25) is 4.79 Å². The quantitative estimate of drug-likeness (QED) is 0.192. The first-order valence-electron chi connectivity index (χ1n) is 11.8. The fourth-order valence-corrected chi connectivity index (χ4v) is 4.91. The highest BCUT2D eigenvalue weighted by molar-refractivity contribution is 5.89. The van der Waals surface area contributed by atoms with E-state index in [1.54, 1.807) is 17.6 Å². The molecule has 0 bridgehead atoms. The Labute approximate surface area is 197 Å². The van der Waals surface area contributed by atoms with Gasteiger partial charge < -0.3 is 19.3 Å². The number of rotatable bonds is 7. The van der Waals surface area contributed by atoms with Gasteiger partial charge in [0, 0.05) is 16.5 Å². The van der Waals surface area contributed by atoms with Crippen LogP contribution in [-0.4, -0.2) is 27.2 Å². The molecule has 5 rings (SSSR count). The lowest BCUT2D eigenvalue weighted by Crippen LogP contribution is -2.44. The molecule has 0 radical (unpaired) electrons. The van der Waals surface area contributed by atoms with Crippen molar-refractivity contribution in [2.75, 3.05) is 6.61 Å². The van der Waals surface area contributed by atoms with Crippen molar-refractivity contribution in [3.05, 3.63) is 56.9 Å². The normalized spacial score (nSPS) is 18.4. The number of carbonyl (C=O) groups is 1. The van der Waals surface area contributed by atoms with Crippen LogP contribution < -0.4 is 10.4 Å². The third kappa shape index (κ3) is 3.32. The van der Waals surface area contributed by atoms with Crippen LogP contribution in [0.3, 0.4) is 0 Å². The number of unbranched alkanes of at least 4 members (excludes halogenated alkanes) is 1. The van der Waals surface area contributed by atoms with Crippen molar-refractivity contribution in [3.8, 4) is 17.1 Å². The van der Waals surface area contributed by atoms with Crippen molar-refractivity contribution >= 4 is 16.9 Å². The maximum Gasteiger partial charge on any atom is 0.343 e. The molecular weight excluding hydrogens is 436 g/mol. The Morgan fingerprint density at radius 1 is 1.18 bits per heavy atom. The average molecular weight is 465 g/mol. The number of hydrogen-bond acceptors (Lipinski definition) is 7. The van der Waals surface area contributed by atoms with Gasteiger partial charge in [-0.2, -0.15) is 4.89 Å². The largest absolute Gasteiger partial charge is 0.458 e. The summed E-state index contributed by atoms with van der Waals surface area (Å²) in [6, 6.07) is 7.36. The molecule has 34 heavy (non-hydrogen) atoms. The number of esters is 1. The molecule has 4 heterocycles. The molecule has 2 aliphatic rings. The molecule has 3 aromatic rings. The van der Waals surface area contributed by atoms with Crippen molar-refractivity contribution in [2.24, 2.45) is 0 Å². The highest BCUT2D eigenvalue weighted by Crippen LogP contribution is 2.40. The summed E-state index contributed by atoms with van der Waals surface area (Å²) in [5, 5.41) is 12.0. The van der Waals surface area contributed by atoms with Gasteiger partial charge in [-0.15, -0.1) is 0 Å². The number of hydrogen-bond donors (Lipinski definition) is 1. The molecule has 0 fully saturated rings. The van der Waals surface area contributed by atoms with Gasteiger partial charge >= 0.3 is 5.97 Å². The summed E-state index contributed by atoms with van der Waals surface area (Å²) in [5.74, 6) is -0.119. The van der Waals surface area contributed by atoms with Crippen molar-refractivity contribution in [1.29, 1.82) is 0 Å². The van der Waals surface area contributed by atoms with Crippen LogP contribution in [-0.2, 0) is 39.6 Å². The Bertz CT molecular complexity index is 1360.